The highest BCUT2D eigenvalue weighted by Crippen LogP contribution is 2.26. The Morgan fingerprint density at radius 2 is 2.04 bits per heavy atom. The van der Waals surface area contributed by atoms with E-state index in [-0.39, 0.29) is 12.5 Å². The van der Waals surface area contributed by atoms with Crippen molar-refractivity contribution in [1.29, 1.82) is 0 Å². The van der Waals surface area contributed by atoms with Crippen molar-refractivity contribution >= 4 is 33.7 Å². The molecule has 0 fully saturated rings. The quantitative estimate of drug-likeness (QED) is 0.568. The number of methoxy groups -OCH3 is 1. The first-order valence-electron chi connectivity index (χ1n) is 8.44. The number of pyridine rings is 1. The van der Waals surface area contributed by atoms with Gasteiger partial charge in [-0.2, -0.15) is 5.10 Å². The molecule has 7 nitrogen and oxygen atoms in total. The molecule has 27 heavy (non-hydrogen) atoms. The summed E-state index contributed by atoms with van der Waals surface area (Å²) in [6, 6.07) is 15.1. The van der Waals surface area contributed by atoms with Gasteiger partial charge in [0.05, 0.1) is 18.0 Å². The van der Waals surface area contributed by atoms with Gasteiger partial charge in [0.1, 0.15) is 11.5 Å². The normalized spacial score (nSPS) is 10.9. The van der Waals surface area contributed by atoms with Gasteiger partial charge >= 0.3 is 0 Å². The number of aromatic amines is 1. The third-order valence-electron chi connectivity index (χ3n) is 4.17. The van der Waals surface area contributed by atoms with E-state index in [1.807, 2.05) is 55.5 Å². The fraction of sp³-hybridized carbons (Fsp3) is 0.150. The number of anilines is 1. The van der Waals surface area contributed by atoms with Crippen LogP contribution >= 0.6 is 0 Å². The Hall–Kier alpha value is -3.61. The molecule has 0 aliphatic carbocycles. The Balaban J connectivity index is 1.53. The molecule has 2 N–H and O–H groups in total. The molecule has 4 rings (SSSR count). The van der Waals surface area contributed by atoms with Crippen LogP contribution in [0.2, 0.25) is 0 Å². The topological polar surface area (TPSA) is 89.1 Å². The molecule has 7 heteroatoms. The molecule has 0 radical (unpaired) electrons. The highest BCUT2D eigenvalue weighted by Gasteiger charge is 2.12. The van der Waals surface area contributed by atoms with Gasteiger partial charge in [0.25, 0.3) is 5.91 Å². The van der Waals surface area contributed by atoms with Crippen LogP contribution in [-0.2, 0) is 4.79 Å². The predicted octanol–water partition coefficient (Wildman–Crippen LogP) is 3.45. The van der Waals surface area contributed by atoms with Gasteiger partial charge in [0.15, 0.2) is 18.1 Å². The number of amides is 1. The molecule has 136 valence electrons. The van der Waals surface area contributed by atoms with E-state index in [2.05, 4.69) is 20.5 Å². The van der Waals surface area contributed by atoms with Crippen molar-refractivity contribution in [1.82, 2.24) is 15.2 Å². The number of nitrogens with one attached hydrogen (secondary N) is 2. The van der Waals surface area contributed by atoms with E-state index >= 15 is 0 Å². The Morgan fingerprint density at radius 3 is 2.85 bits per heavy atom. The second kappa shape index (κ2) is 6.95. The van der Waals surface area contributed by atoms with Gasteiger partial charge in [-0.05, 0) is 42.8 Å². The first-order valence-corrected chi connectivity index (χ1v) is 8.44. The van der Waals surface area contributed by atoms with Crippen LogP contribution in [-0.4, -0.2) is 34.8 Å². The lowest BCUT2D eigenvalue weighted by Gasteiger charge is -2.07. The van der Waals surface area contributed by atoms with Crippen LogP contribution in [0.15, 0.2) is 48.5 Å². The molecular weight excluding hydrogens is 344 g/mol. The number of carbonyl (C=O) groups excluding carboxylic acids is 1. The summed E-state index contributed by atoms with van der Waals surface area (Å²) >= 11 is 0. The summed E-state index contributed by atoms with van der Waals surface area (Å²) in [5.41, 5.74) is 2.44. The summed E-state index contributed by atoms with van der Waals surface area (Å²) < 4.78 is 10.8. The van der Waals surface area contributed by atoms with E-state index in [1.54, 1.807) is 7.11 Å². The summed E-state index contributed by atoms with van der Waals surface area (Å²) in [4.78, 5) is 16.8. The number of ether oxygens (including phenoxy) is 2. The number of benzene rings is 2. The zero-order valence-corrected chi connectivity index (χ0v) is 14.9. The summed E-state index contributed by atoms with van der Waals surface area (Å²) in [6.07, 6.45) is 0. The van der Waals surface area contributed by atoms with Gasteiger partial charge in [0, 0.05) is 11.5 Å². The second-order valence-corrected chi connectivity index (χ2v) is 6.17. The monoisotopic (exact) mass is 362 g/mol. The highest BCUT2D eigenvalue weighted by molar-refractivity contribution is 6.02. The fourth-order valence-corrected chi connectivity index (χ4v) is 2.83. The molecule has 0 aliphatic heterocycles. The van der Waals surface area contributed by atoms with E-state index in [4.69, 9.17) is 9.47 Å². The van der Waals surface area contributed by atoms with Crippen molar-refractivity contribution in [3.05, 3.63) is 54.1 Å². The van der Waals surface area contributed by atoms with Crippen LogP contribution < -0.4 is 14.8 Å². The Bertz CT molecular complexity index is 1140. The number of nitrogens with zero attached hydrogens (tertiary/aromatic N) is 2. The molecule has 1 amide bonds. The lowest BCUT2D eigenvalue weighted by Crippen LogP contribution is -2.20. The van der Waals surface area contributed by atoms with E-state index in [9.17, 15) is 4.79 Å². The lowest BCUT2D eigenvalue weighted by atomic mass is 10.2. The van der Waals surface area contributed by atoms with Crippen molar-refractivity contribution in [2.24, 2.45) is 0 Å². The van der Waals surface area contributed by atoms with Crippen molar-refractivity contribution in [2.45, 2.75) is 6.92 Å². The van der Waals surface area contributed by atoms with E-state index < -0.39 is 0 Å². The van der Waals surface area contributed by atoms with Gasteiger partial charge in [-0.25, -0.2) is 4.98 Å². The first-order chi connectivity index (χ1) is 13.1. The summed E-state index contributed by atoms with van der Waals surface area (Å²) in [6.45, 7) is 1.87. The largest absolute Gasteiger partial charge is 0.497 e. The molecule has 0 saturated carbocycles. The van der Waals surface area contributed by atoms with Crippen LogP contribution in [0.25, 0.3) is 21.9 Å². The number of carbonyl (C=O) groups is 1. The number of H-pyrrole nitrogens is 1. The molecule has 0 spiro atoms. The summed E-state index contributed by atoms with van der Waals surface area (Å²) in [5.74, 6) is 1.52. The lowest BCUT2D eigenvalue weighted by molar-refractivity contribution is -0.118. The Morgan fingerprint density at radius 1 is 1.15 bits per heavy atom. The van der Waals surface area contributed by atoms with Crippen molar-refractivity contribution in [3.63, 3.8) is 0 Å². The van der Waals surface area contributed by atoms with Gasteiger partial charge in [-0.15, -0.1) is 0 Å². The maximum Gasteiger partial charge on any atom is 0.263 e. The average molecular weight is 362 g/mol. The van der Waals surface area contributed by atoms with Gasteiger partial charge < -0.3 is 14.8 Å². The predicted molar refractivity (Wildman–Crippen MR) is 103 cm³/mol. The molecule has 2 aromatic heterocycles. The zero-order chi connectivity index (χ0) is 18.8. The van der Waals surface area contributed by atoms with E-state index in [0.717, 1.165) is 27.6 Å². The van der Waals surface area contributed by atoms with Gasteiger partial charge in [-0.3, -0.25) is 9.89 Å². The Kier molecular flexibility index (Phi) is 4.33. The fourth-order valence-electron chi connectivity index (χ4n) is 2.83. The molecular formula is C20H18N4O3. The van der Waals surface area contributed by atoms with E-state index in [0.29, 0.717) is 17.2 Å². The number of fused-ring (bicyclic) bond motifs is 2. The Labute approximate surface area is 155 Å². The minimum absolute atomic E-state index is 0.101. The van der Waals surface area contributed by atoms with Crippen molar-refractivity contribution < 1.29 is 14.3 Å². The molecule has 4 aromatic rings. The van der Waals surface area contributed by atoms with Crippen LogP contribution in [0.1, 0.15) is 5.56 Å². The van der Waals surface area contributed by atoms with Crippen molar-refractivity contribution in [3.8, 4) is 11.5 Å². The molecule has 0 aliphatic rings. The molecule has 0 atom stereocenters. The zero-order valence-electron chi connectivity index (χ0n) is 14.9. The summed E-state index contributed by atoms with van der Waals surface area (Å²) in [5, 5.41) is 11.4. The summed E-state index contributed by atoms with van der Waals surface area (Å²) in [7, 11) is 1.61. The van der Waals surface area contributed by atoms with Crippen LogP contribution in [0.4, 0.5) is 5.82 Å². The standard InChI is InChI=1S/C20H18N4O3/c1-12-4-3-5-15(8-12)27-11-18(25)22-20-16-9-13-6-7-14(26-2)10-17(13)21-19(16)23-24-20/h3-10H,11H2,1-2H3,(H2,21,22,23,24,25). The molecule has 2 aromatic carbocycles. The highest BCUT2D eigenvalue weighted by atomic mass is 16.5. The smallest absolute Gasteiger partial charge is 0.263 e. The molecule has 0 saturated heterocycles. The third-order valence-corrected chi connectivity index (χ3v) is 4.17. The minimum Gasteiger partial charge on any atom is -0.497 e. The minimum atomic E-state index is -0.292. The van der Waals surface area contributed by atoms with Gasteiger partial charge in [-0.1, -0.05) is 12.1 Å². The number of hydrogen-bond donors (Lipinski definition) is 2. The maximum atomic E-state index is 12.2. The number of aromatic nitrogens is 3. The molecule has 2 heterocycles. The van der Waals surface area contributed by atoms with E-state index in [1.165, 1.54) is 0 Å². The molecule has 0 bridgehead atoms. The SMILES string of the molecule is COc1ccc2cc3c(NC(=O)COc4cccc(C)c4)n[nH]c3nc2c1. The number of hydrogen-bond acceptors (Lipinski definition) is 5. The maximum absolute atomic E-state index is 12.2. The van der Waals surface area contributed by atoms with Crippen LogP contribution in [0.3, 0.4) is 0 Å². The second-order valence-electron chi connectivity index (χ2n) is 6.17. The average Bonchev–Trinajstić information content (AvgIpc) is 3.06. The first kappa shape index (κ1) is 16.8. The van der Waals surface area contributed by atoms with Crippen LogP contribution in [0.5, 0.6) is 11.5 Å². The third kappa shape index (κ3) is 3.52. The number of aryl methyl sites for hydroxylation is 1. The van der Waals surface area contributed by atoms with Crippen molar-refractivity contribution in [2.75, 3.05) is 19.0 Å². The van der Waals surface area contributed by atoms with Gasteiger partial charge in [0.2, 0.25) is 0 Å². The molecule has 0 unspecified atom stereocenters. The van der Waals surface area contributed by atoms with Crippen LogP contribution in [0, 0.1) is 6.92 Å². The number of rotatable bonds is 5.